The van der Waals surface area contributed by atoms with E-state index in [1.54, 1.807) is 24.3 Å². The first-order chi connectivity index (χ1) is 10.5. The van der Waals surface area contributed by atoms with Crippen molar-refractivity contribution in [1.82, 2.24) is 5.32 Å². The maximum atomic E-state index is 12.8. The molecule has 0 aliphatic carbocycles. The zero-order valence-electron chi connectivity index (χ0n) is 11.4. The van der Waals surface area contributed by atoms with Crippen molar-refractivity contribution in [3.63, 3.8) is 0 Å². The Morgan fingerprint density at radius 3 is 2.23 bits per heavy atom. The normalized spacial score (nSPS) is 11.7. The van der Waals surface area contributed by atoms with Gasteiger partial charge < -0.3 is 10.4 Å². The summed E-state index contributed by atoms with van der Waals surface area (Å²) < 4.78 is 12.8. The van der Waals surface area contributed by atoms with Crippen LogP contribution in [-0.4, -0.2) is 23.0 Å². The first-order valence-electron chi connectivity index (χ1n) is 6.49. The number of nitrogens with one attached hydrogen (secondary N) is 1. The summed E-state index contributed by atoms with van der Waals surface area (Å²) in [6, 6.07) is 10.5. The predicted octanol–water partition coefficient (Wildman–Crippen LogP) is 2.90. The Hall–Kier alpha value is -2.40. The highest BCUT2D eigenvalue weighted by Gasteiger charge is 2.21. The van der Waals surface area contributed by atoms with E-state index in [4.69, 9.17) is 11.6 Å². The minimum atomic E-state index is -1.15. The van der Waals surface area contributed by atoms with Crippen molar-refractivity contribution >= 4 is 23.5 Å². The molecular weight excluding hydrogens is 309 g/mol. The van der Waals surface area contributed by atoms with Crippen LogP contribution in [0, 0.1) is 5.82 Å². The second-order valence-electron chi connectivity index (χ2n) is 4.70. The minimum Gasteiger partial charge on any atom is -0.480 e. The van der Waals surface area contributed by atoms with Crippen LogP contribution in [0.15, 0.2) is 48.5 Å². The van der Waals surface area contributed by atoms with Gasteiger partial charge in [-0.2, -0.15) is 0 Å². The molecule has 0 saturated carbocycles. The van der Waals surface area contributed by atoms with E-state index in [-0.39, 0.29) is 12.0 Å². The fourth-order valence-corrected chi connectivity index (χ4v) is 2.03. The smallest absolute Gasteiger partial charge is 0.326 e. The molecule has 0 aliphatic heterocycles. The Morgan fingerprint density at radius 2 is 1.68 bits per heavy atom. The Kier molecular flexibility index (Phi) is 5.12. The van der Waals surface area contributed by atoms with E-state index in [0.29, 0.717) is 5.02 Å². The maximum absolute atomic E-state index is 12.8. The molecule has 0 spiro atoms. The number of hydrogen-bond donors (Lipinski definition) is 2. The van der Waals surface area contributed by atoms with Crippen molar-refractivity contribution in [3.05, 3.63) is 70.5 Å². The van der Waals surface area contributed by atoms with Gasteiger partial charge in [-0.3, -0.25) is 4.79 Å². The highest BCUT2D eigenvalue weighted by atomic mass is 35.5. The lowest BCUT2D eigenvalue weighted by molar-refractivity contribution is -0.139. The predicted molar refractivity (Wildman–Crippen MR) is 80.4 cm³/mol. The minimum absolute atomic E-state index is 0.124. The molecule has 0 heterocycles. The summed E-state index contributed by atoms with van der Waals surface area (Å²) in [5.41, 5.74) is 0.931. The summed E-state index contributed by atoms with van der Waals surface area (Å²) in [5, 5.41) is 12.2. The SMILES string of the molecule is O=C(N[C@@H](Cc1ccc(Cl)cc1)C(=O)O)c1ccc(F)cc1. The van der Waals surface area contributed by atoms with Gasteiger partial charge in [0.25, 0.3) is 5.91 Å². The third kappa shape index (κ3) is 4.30. The van der Waals surface area contributed by atoms with Crippen LogP contribution in [0.2, 0.25) is 5.02 Å². The summed E-state index contributed by atoms with van der Waals surface area (Å²) in [6.07, 6.45) is 0.124. The van der Waals surface area contributed by atoms with Gasteiger partial charge in [0.1, 0.15) is 11.9 Å². The number of halogens is 2. The molecule has 2 aromatic rings. The molecule has 2 rings (SSSR count). The van der Waals surface area contributed by atoms with Crippen LogP contribution in [0.5, 0.6) is 0 Å². The average Bonchev–Trinajstić information content (AvgIpc) is 2.49. The number of aliphatic carboxylic acids is 1. The van der Waals surface area contributed by atoms with Gasteiger partial charge in [-0.1, -0.05) is 23.7 Å². The third-order valence-corrected chi connectivity index (χ3v) is 3.31. The molecule has 1 amide bonds. The van der Waals surface area contributed by atoms with Crippen molar-refractivity contribution in [3.8, 4) is 0 Å². The van der Waals surface area contributed by atoms with Gasteiger partial charge in [-0.15, -0.1) is 0 Å². The molecule has 6 heteroatoms. The molecule has 0 fully saturated rings. The number of amides is 1. The lowest BCUT2D eigenvalue weighted by Crippen LogP contribution is -2.42. The fourth-order valence-electron chi connectivity index (χ4n) is 1.90. The summed E-state index contributed by atoms with van der Waals surface area (Å²) in [5.74, 6) is -2.18. The van der Waals surface area contributed by atoms with E-state index in [2.05, 4.69) is 5.32 Å². The second kappa shape index (κ2) is 7.04. The molecule has 22 heavy (non-hydrogen) atoms. The quantitative estimate of drug-likeness (QED) is 0.890. The van der Waals surface area contributed by atoms with Gasteiger partial charge in [0, 0.05) is 17.0 Å². The first-order valence-corrected chi connectivity index (χ1v) is 6.87. The van der Waals surface area contributed by atoms with Gasteiger partial charge >= 0.3 is 5.97 Å². The zero-order chi connectivity index (χ0) is 16.1. The standard InChI is InChI=1S/C16H13ClFNO3/c17-12-5-1-10(2-6-12)9-14(16(21)22)19-15(20)11-3-7-13(18)8-4-11/h1-8,14H,9H2,(H,19,20)(H,21,22)/t14-/m0/s1. The van der Waals surface area contributed by atoms with Crippen molar-refractivity contribution in [2.75, 3.05) is 0 Å². The van der Waals surface area contributed by atoms with E-state index < -0.39 is 23.7 Å². The molecule has 0 saturated heterocycles. The molecule has 114 valence electrons. The number of rotatable bonds is 5. The molecule has 0 aromatic heterocycles. The van der Waals surface area contributed by atoms with Crippen LogP contribution >= 0.6 is 11.6 Å². The van der Waals surface area contributed by atoms with Gasteiger partial charge in [0.05, 0.1) is 0 Å². The second-order valence-corrected chi connectivity index (χ2v) is 5.14. The Bertz CT molecular complexity index is 671. The highest BCUT2D eigenvalue weighted by molar-refractivity contribution is 6.30. The van der Waals surface area contributed by atoms with Crippen molar-refractivity contribution in [2.24, 2.45) is 0 Å². The van der Waals surface area contributed by atoms with Crippen LogP contribution in [0.25, 0.3) is 0 Å². The monoisotopic (exact) mass is 321 g/mol. The Labute approximate surface area is 131 Å². The van der Waals surface area contributed by atoms with Gasteiger partial charge in [-0.05, 0) is 42.0 Å². The number of carboxylic acid groups (broad SMARTS) is 1. The third-order valence-electron chi connectivity index (χ3n) is 3.06. The molecule has 2 aromatic carbocycles. The van der Waals surface area contributed by atoms with Gasteiger partial charge in [0.2, 0.25) is 0 Å². The Morgan fingerprint density at radius 1 is 1.09 bits per heavy atom. The fraction of sp³-hybridized carbons (Fsp3) is 0.125. The average molecular weight is 322 g/mol. The molecule has 1 atom stereocenters. The lowest BCUT2D eigenvalue weighted by Gasteiger charge is -2.14. The first kappa shape index (κ1) is 16.0. The van der Waals surface area contributed by atoms with Crippen LogP contribution < -0.4 is 5.32 Å². The van der Waals surface area contributed by atoms with E-state index in [1.807, 2.05) is 0 Å². The molecule has 0 radical (unpaired) electrons. The van der Waals surface area contributed by atoms with Gasteiger partial charge in [0.15, 0.2) is 0 Å². The summed E-state index contributed by atoms with van der Waals surface area (Å²) in [4.78, 5) is 23.3. The molecule has 0 bridgehead atoms. The number of carbonyl (C=O) groups is 2. The Balaban J connectivity index is 2.08. The molecule has 0 aliphatic rings. The van der Waals surface area contributed by atoms with E-state index in [1.165, 1.54) is 12.1 Å². The van der Waals surface area contributed by atoms with E-state index >= 15 is 0 Å². The number of carbonyl (C=O) groups excluding carboxylic acids is 1. The highest BCUT2D eigenvalue weighted by Crippen LogP contribution is 2.12. The molecule has 2 N–H and O–H groups in total. The van der Waals surface area contributed by atoms with Crippen molar-refractivity contribution in [2.45, 2.75) is 12.5 Å². The summed E-state index contributed by atoms with van der Waals surface area (Å²) in [6.45, 7) is 0. The van der Waals surface area contributed by atoms with Crippen LogP contribution in [0.3, 0.4) is 0 Å². The zero-order valence-corrected chi connectivity index (χ0v) is 12.2. The van der Waals surface area contributed by atoms with E-state index in [9.17, 15) is 19.1 Å². The molecule has 0 unspecified atom stereocenters. The molecule has 4 nitrogen and oxygen atoms in total. The molecular formula is C16H13ClFNO3. The van der Waals surface area contributed by atoms with E-state index in [0.717, 1.165) is 17.7 Å². The number of hydrogen-bond acceptors (Lipinski definition) is 2. The van der Waals surface area contributed by atoms with Crippen molar-refractivity contribution in [1.29, 1.82) is 0 Å². The van der Waals surface area contributed by atoms with Crippen LogP contribution in [0.4, 0.5) is 4.39 Å². The lowest BCUT2D eigenvalue weighted by atomic mass is 10.1. The van der Waals surface area contributed by atoms with Crippen LogP contribution in [-0.2, 0) is 11.2 Å². The maximum Gasteiger partial charge on any atom is 0.326 e. The topological polar surface area (TPSA) is 66.4 Å². The van der Waals surface area contributed by atoms with Gasteiger partial charge in [-0.25, -0.2) is 9.18 Å². The number of carboxylic acids is 1. The van der Waals surface area contributed by atoms with Crippen LogP contribution in [0.1, 0.15) is 15.9 Å². The van der Waals surface area contributed by atoms with Crippen molar-refractivity contribution < 1.29 is 19.1 Å². The number of benzene rings is 2. The summed E-state index contributed by atoms with van der Waals surface area (Å²) >= 11 is 5.77. The summed E-state index contributed by atoms with van der Waals surface area (Å²) in [7, 11) is 0. The largest absolute Gasteiger partial charge is 0.480 e.